The lowest BCUT2D eigenvalue weighted by Gasteiger charge is -2.22. The van der Waals surface area contributed by atoms with E-state index in [4.69, 9.17) is 10.5 Å². The minimum atomic E-state index is -0.338. The van der Waals surface area contributed by atoms with Gasteiger partial charge in [-0.15, -0.1) is 0 Å². The van der Waals surface area contributed by atoms with E-state index in [0.717, 1.165) is 28.7 Å². The van der Waals surface area contributed by atoms with Crippen molar-refractivity contribution in [1.82, 2.24) is 20.0 Å². The number of likely N-dealkylation sites (N-methyl/N-ethyl adjacent to an activating group) is 1. The Bertz CT molecular complexity index is 1550. The lowest BCUT2D eigenvalue weighted by Crippen LogP contribution is -2.34. The minimum absolute atomic E-state index is 0.0410. The average molecular weight is 545 g/mol. The lowest BCUT2D eigenvalue weighted by atomic mass is 9.98. The van der Waals surface area contributed by atoms with Crippen molar-refractivity contribution in [3.63, 3.8) is 0 Å². The SMILES string of the molecule is CCCN(CCC)C(=O)C1=Cc2c(cc(-c3ccc4c(=O)n(CC(=O)NCC)ncc4c3)cc2OC)N=C(N)C1. The summed E-state index contributed by atoms with van der Waals surface area (Å²) in [6.07, 6.45) is 5.41. The number of benzene rings is 2. The van der Waals surface area contributed by atoms with Crippen LogP contribution in [0, 0.1) is 0 Å². The van der Waals surface area contributed by atoms with E-state index in [0.29, 0.717) is 58.8 Å². The predicted octanol–water partition coefficient (Wildman–Crippen LogP) is 3.63. The Balaban J connectivity index is 1.74. The van der Waals surface area contributed by atoms with Crippen LogP contribution in [0.2, 0.25) is 0 Å². The molecule has 4 rings (SSSR count). The van der Waals surface area contributed by atoms with Gasteiger partial charge in [-0.1, -0.05) is 19.9 Å². The molecule has 2 aromatic carbocycles. The van der Waals surface area contributed by atoms with Gasteiger partial charge in [-0.25, -0.2) is 9.67 Å². The highest BCUT2D eigenvalue weighted by Gasteiger charge is 2.23. The molecule has 2 heterocycles. The monoisotopic (exact) mass is 544 g/mol. The Morgan fingerprint density at radius 3 is 2.52 bits per heavy atom. The first-order valence-corrected chi connectivity index (χ1v) is 13.6. The fourth-order valence-electron chi connectivity index (χ4n) is 4.86. The van der Waals surface area contributed by atoms with Crippen molar-refractivity contribution in [3.05, 3.63) is 58.0 Å². The molecule has 3 aromatic rings. The van der Waals surface area contributed by atoms with Crippen LogP contribution >= 0.6 is 0 Å². The van der Waals surface area contributed by atoms with Crippen LogP contribution in [-0.2, 0) is 16.1 Å². The number of hydrogen-bond acceptors (Lipinski definition) is 7. The average Bonchev–Trinajstić information content (AvgIpc) is 3.11. The topological polar surface area (TPSA) is 132 Å². The zero-order valence-corrected chi connectivity index (χ0v) is 23.5. The van der Waals surface area contributed by atoms with E-state index in [9.17, 15) is 14.4 Å². The van der Waals surface area contributed by atoms with Gasteiger partial charge in [-0.3, -0.25) is 14.4 Å². The summed E-state index contributed by atoms with van der Waals surface area (Å²) in [5.41, 5.74) is 9.45. The quantitative estimate of drug-likeness (QED) is 0.401. The van der Waals surface area contributed by atoms with Crippen molar-refractivity contribution < 1.29 is 14.3 Å². The summed E-state index contributed by atoms with van der Waals surface area (Å²) in [6, 6.07) is 9.21. The summed E-state index contributed by atoms with van der Waals surface area (Å²) in [5.74, 6) is 0.596. The lowest BCUT2D eigenvalue weighted by molar-refractivity contribution is -0.127. The zero-order chi connectivity index (χ0) is 28.8. The second-order valence-electron chi connectivity index (χ2n) is 9.72. The molecule has 2 amide bonds. The molecule has 0 bridgehead atoms. The molecule has 10 nitrogen and oxygen atoms in total. The smallest absolute Gasteiger partial charge is 0.275 e. The summed E-state index contributed by atoms with van der Waals surface area (Å²) >= 11 is 0. The van der Waals surface area contributed by atoms with Crippen LogP contribution in [0.1, 0.15) is 45.6 Å². The molecule has 0 fully saturated rings. The van der Waals surface area contributed by atoms with Gasteiger partial charge in [0.2, 0.25) is 11.8 Å². The molecule has 1 aromatic heterocycles. The molecule has 0 saturated heterocycles. The maximum atomic E-state index is 13.4. The van der Waals surface area contributed by atoms with E-state index in [2.05, 4.69) is 29.3 Å². The van der Waals surface area contributed by atoms with Gasteiger partial charge in [0.25, 0.3) is 5.56 Å². The van der Waals surface area contributed by atoms with Crippen molar-refractivity contribution in [3.8, 4) is 16.9 Å². The molecule has 0 radical (unpaired) electrons. The number of carbonyl (C=O) groups excluding carboxylic acids is 2. The summed E-state index contributed by atoms with van der Waals surface area (Å²) < 4.78 is 6.90. The summed E-state index contributed by atoms with van der Waals surface area (Å²) in [5, 5.41) is 7.97. The Labute approximate surface area is 233 Å². The van der Waals surface area contributed by atoms with Crippen molar-refractivity contribution in [2.24, 2.45) is 10.7 Å². The molecule has 1 aliphatic heterocycles. The maximum absolute atomic E-state index is 13.4. The third-order valence-corrected chi connectivity index (χ3v) is 6.70. The fourth-order valence-corrected chi connectivity index (χ4v) is 4.86. The highest BCUT2D eigenvalue weighted by Crippen LogP contribution is 2.39. The molecule has 40 heavy (non-hydrogen) atoms. The number of hydrogen-bond donors (Lipinski definition) is 2. The number of rotatable bonds is 10. The first kappa shape index (κ1) is 28.5. The van der Waals surface area contributed by atoms with Crippen LogP contribution in [0.3, 0.4) is 0 Å². The van der Waals surface area contributed by atoms with E-state index in [-0.39, 0.29) is 30.3 Å². The van der Waals surface area contributed by atoms with Gasteiger partial charge in [0.1, 0.15) is 18.1 Å². The van der Waals surface area contributed by atoms with Gasteiger partial charge in [-0.05, 0) is 61.2 Å². The number of fused-ring (bicyclic) bond motifs is 2. The highest BCUT2D eigenvalue weighted by atomic mass is 16.5. The van der Waals surface area contributed by atoms with Crippen LogP contribution in [0.4, 0.5) is 5.69 Å². The molecular weight excluding hydrogens is 508 g/mol. The number of nitrogens with two attached hydrogens (primary N) is 1. The number of amidine groups is 1. The van der Waals surface area contributed by atoms with Gasteiger partial charge in [0.15, 0.2) is 0 Å². The molecule has 0 aliphatic carbocycles. The Morgan fingerprint density at radius 1 is 1.10 bits per heavy atom. The highest BCUT2D eigenvalue weighted by molar-refractivity contribution is 6.06. The number of ether oxygens (including phenoxy) is 1. The number of amides is 2. The Morgan fingerprint density at radius 2 is 1.85 bits per heavy atom. The van der Waals surface area contributed by atoms with Crippen molar-refractivity contribution in [2.45, 2.75) is 46.6 Å². The molecule has 0 atom stereocenters. The third kappa shape index (κ3) is 6.06. The maximum Gasteiger partial charge on any atom is 0.275 e. The van der Waals surface area contributed by atoms with Crippen LogP contribution < -0.4 is 21.3 Å². The number of nitrogens with zero attached hydrogens (tertiary/aromatic N) is 4. The normalized spacial score (nSPS) is 12.7. The molecule has 0 unspecified atom stereocenters. The standard InChI is InChI=1S/C30H36N6O4/c1-5-10-35(11-6-2)29(38)21-13-24-25(34-27(31)16-21)14-20(15-26(24)40-4)19-8-9-23-22(12-19)17-33-36(30(23)39)18-28(37)32-7-3/h8-9,12-15,17H,5-7,10-11,16,18H2,1-4H3,(H2,31,34)(H,32,37). The molecular formula is C30H36N6O4. The molecule has 0 spiro atoms. The molecule has 0 saturated carbocycles. The summed E-state index contributed by atoms with van der Waals surface area (Å²) in [6.45, 7) is 7.62. The van der Waals surface area contributed by atoms with E-state index < -0.39 is 0 Å². The van der Waals surface area contributed by atoms with E-state index >= 15 is 0 Å². The number of carbonyl (C=O) groups is 2. The van der Waals surface area contributed by atoms with Gasteiger partial charge >= 0.3 is 0 Å². The van der Waals surface area contributed by atoms with Gasteiger partial charge in [0, 0.05) is 42.6 Å². The third-order valence-electron chi connectivity index (χ3n) is 6.70. The number of aromatic nitrogens is 2. The molecule has 10 heteroatoms. The predicted molar refractivity (Wildman–Crippen MR) is 158 cm³/mol. The van der Waals surface area contributed by atoms with Gasteiger partial charge in [-0.2, -0.15) is 5.10 Å². The number of nitrogens with one attached hydrogen (secondary N) is 1. The van der Waals surface area contributed by atoms with Gasteiger partial charge < -0.3 is 20.7 Å². The van der Waals surface area contributed by atoms with Gasteiger partial charge in [0.05, 0.1) is 24.4 Å². The van der Waals surface area contributed by atoms with Crippen molar-refractivity contribution in [2.75, 3.05) is 26.7 Å². The molecule has 1 aliphatic rings. The van der Waals surface area contributed by atoms with Crippen molar-refractivity contribution in [1.29, 1.82) is 0 Å². The number of aliphatic imine (C=N–C) groups is 1. The van der Waals surface area contributed by atoms with Crippen LogP contribution in [0.25, 0.3) is 28.0 Å². The Hall–Kier alpha value is -4.47. The number of methoxy groups -OCH3 is 1. The zero-order valence-electron chi connectivity index (χ0n) is 23.5. The van der Waals surface area contributed by atoms with Crippen LogP contribution in [0.15, 0.2) is 51.9 Å². The second-order valence-corrected chi connectivity index (χ2v) is 9.72. The van der Waals surface area contributed by atoms with Crippen LogP contribution in [0.5, 0.6) is 5.75 Å². The van der Waals surface area contributed by atoms with Crippen LogP contribution in [-0.4, -0.2) is 59.1 Å². The first-order valence-electron chi connectivity index (χ1n) is 13.6. The summed E-state index contributed by atoms with van der Waals surface area (Å²) in [4.78, 5) is 44.8. The van der Waals surface area contributed by atoms with E-state index in [1.54, 1.807) is 19.4 Å². The second kappa shape index (κ2) is 12.6. The van der Waals surface area contributed by atoms with Crippen molar-refractivity contribution >= 4 is 40.2 Å². The molecule has 3 N–H and O–H groups in total. The van der Waals surface area contributed by atoms with E-state index in [1.807, 2.05) is 42.2 Å². The fraction of sp³-hybridized carbons (Fsp3) is 0.367. The first-order chi connectivity index (χ1) is 19.3. The van der Waals surface area contributed by atoms with E-state index in [1.165, 1.54) is 0 Å². The summed E-state index contributed by atoms with van der Waals surface area (Å²) in [7, 11) is 1.58. The molecule has 210 valence electrons. The largest absolute Gasteiger partial charge is 0.496 e. The Kier molecular flexibility index (Phi) is 8.98. The minimum Gasteiger partial charge on any atom is -0.496 e.